The number of carbonyl (C=O) groups excluding carboxylic acids is 1. The van der Waals surface area contributed by atoms with Crippen molar-refractivity contribution in [3.05, 3.63) is 81.9 Å². The fourth-order valence-corrected chi connectivity index (χ4v) is 6.78. The summed E-state index contributed by atoms with van der Waals surface area (Å²) in [5, 5.41) is 25.9. The van der Waals surface area contributed by atoms with Crippen molar-refractivity contribution in [1.82, 2.24) is 5.32 Å². The second-order valence-electron chi connectivity index (χ2n) is 14.4. The van der Waals surface area contributed by atoms with E-state index in [0.29, 0.717) is 24.0 Å². The maximum atomic E-state index is 13.6. The van der Waals surface area contributed by atoms with E-state index in [4.69, 9.17) is 9.16 Å². The summed E-state index contributed by atoms with van der Waals surface area (Å²) < 4.78 is 41.7. The van der Waals surface area contributed by atoms with Gasteiger partial charge in [0.15, 0.2) is 8.32 Å². The lowest BCUT2D eigenvalue weighted by Gasteiger charge is -2.36. The zero-order valence-electron chi connectivity index (χ0n) is 29.1. The van der Waals surface area contributed by atoms with Crippen molar-refractivity contribution >= 4 is 35.8 Å². The van der Waals surface area contributed by atoms with E-state index < -0.39 is 52.9 Å². The molecule has 262 valence electrons. The Labute approximate surface area is 281 Å². The van der Waals surface area contributed by atoms with Crippen LogP contribution in [0.25, 0.3) is 0 Å². The number of carbonyl (C=O) groups is 1. The molecule has 11 nitrogen and oxygen atoms in total. The fourth-order valence-electron chi connectivity index (χ4n) is 4.57. The molecule has 0 aliphatic heterocycles. The third-order valence-corrected chi connectivity index (χ3v) is 14.0. The van der Waals surface area contributed by atoms with Gasteiger partial charge >= 0.3 is 6.09 Å². The predicted molar refractivity (Wildman–Crippen MR) is 190 cm³/mol. The van der Waals surface area contributed by atoms with Crippen molar-refractivity contribution in [2.45, 2.75) is 116 Å². The molecule has 0 aliphatic rings. The number of alkyl carbamates (subject to hydrolysis) is 1. The molecule has 0 aliphatic carbocycles. The number of hydrogen-bond acceptors (Lipinski definition) is 8. The number of unbranched alkanes of at least 4 members (excludes halogenated alkanes) is 2. The molecule has 2 atom stereocenters. The molecule has 2 aromatic carbocycles. The van der Waals surface area contributed by atoms with Gasteiger partial charge in [0, 0.05) is 18.0 Å². The van der Waals surface area contributed by atoms with E-state index >= 15 is 0 Å². The van der Waals surface area contributed by atoms with Crippen LogP contribution in [0.2, 0.25) is 18.1 Å². The Bertz CT molecular complexity index is 1470. The molecule has 0 fully saturated rings. The summed E-state index contributed by atoms with van der Waals surface area (Å²) in [4.78, 5) is 24.3. The number of amides is 1. The Balaban J connectivity index is 2.46. The van der Waals surface area contributed by atoms with Gasteiger partial charge in [0.25, 0.3) is 5.69 Å². The quantitative estimate of drug-likeness (QED) is 0.0515. The first-order valence-electron chi connectivity index (χ1n) is 15.9. The molecule has 0 bridgehead atoms. The molecule has 0 saturated heterocycles. The Morgan fingerprint density at radius 2 is 1.70 bits per heavy atom. The number of allylic oxidation sites excluding steroid dienone is 1. The first-order valence-corrected chi connectivity index (χ1v) is 20.5. The van der Waals surface area contributed by atoms with E-state index in [-0.39, 0.29) is 29.4 Å². The van der Waals surface area contributed by atoms with Crippen LogP contribution in [0, 0.1) is 10.1 Å². The maximum absolute atomic E-state index is 13.6. The number of nitrogens with one attached hydrogen (secondary N) is 2. The van der Waals surface area contributed by atoms with Crippen LogP contribution >= 0.6 is 0 Å². The van der Waals surface area contributed by atoms with Crippen LogP contribution in [0.5, 0.6) is 0 Å². The molecular formula is C34H53N3O8SSi. The second kappa shape index (κ2) is 16.7. The van der Waals surface area contributed by atoms with Crippen LogP contribution in [0.1, 0.15) is 77.5 Å². The molecule has 2 aromatic rings. The smallest absolute Gasteiger partial charge is 0.407 e. The van der Waals surface area contributed by atoms with Gasteiger partial charge in [-0.25, -0.2) is 13.2 Å². The highest BCUT2D eigenvalue weighted by atomic mass is 32.2. The average Bonchev–Trinajstić information content (AvgIpc) is 2.93. The summed E-state index contributed by atoms with van der Waals surface area (Å²) >= 11 is 0. The molecule has 0 aromatic heterocycles. The Morgan fingerprint density at radius 3 is 2.26 bits per heavy atom. The third-order valence-electron chi connectivity index (χ3n) is 8.17. The molecule has 0 heterocycles. The highest BCUT2D eigenvalue weighted by Crippen LogP contribution is 2.39. The summed E-state index contributed by atoms with van der Waals surface area (Å²) in [5.74, 6) is -0.782. The number of sulfonamides is 1. The van der Waals surface area contributed by atoms with Crippen LogP contribution in [-0.2, 0) is 38.6 Å². The van der Waals surface area contributed by atoms with Crippen LogP contribution in [-0.4, -0.2) is 56.4 Å². The topological polar surface area (TPSA) is 157 Å². The molecule has 0 radical (unpaired) electrons. The number of nitro benzene ring substituents is 1. The van der Waals surface area contributed by atoms with Crippen LogP contribution in [0.4, 0.5) is 16.2 Å². The first-order chi connectivity index (χ1) is 21.7. The SMILES string of the molecule is C=CCCCCc1c(NS(=O)(=O)C[C@H](O)[C@H](Cc2ccccc2)OC(=O)NC(C)(C)C)ccc([N+](=O)[O-])c1CO[Si](C)(C)C(C)(C)C. The van der Waals surface area contributed by atoms with E-state index in [9.17, 15) is 28.4 Å². The molecule has 0 saturated carbocycles. The summed E-state index contributed by atoms with van der Waals surface area (Å²) in [7, 11) is -6.57. The summed E-state index contributed by atoms with van der Waals surface area (Å²) in [6.07, 6.45) is 0.802. The number of aliphatic hydroxyl groups is 1. The minimum atomic E-state index is -4.25. The molecule has 2 rings (SSSR count). The molecule has 47 heavy (non-hydrogen) atoms. The van der Waals surface area contributed by atoms with Gasteiger partial charge in [-0.15, -0.1) is 6.58 Å². The molecule has 1 amide bonds. The number of aliphatic hydroxyl groups excluding tert-OH is 1. The van der Waals surface area contributed by atoms with Gasteiger partial charge in [-0.05, 0) is 81.8 Å². The van der Waals surface area contributed by atoms with E-state index in [1.165, 1.54) is 12.1 Å². The monoisotopic (exact) mass is 691 g/mol. The first kappa shape index (κ1) is 39.9. The van der Waals surface area contributed by atoms with Gasteiger partial charge in [-0.3, -0.25) is 14.8 Å². The molecule has 0 spiro atoms. The van der Waals surface area contributed by atoms with Crippen molar-refractivity contribution in [1.29, 1.82) is 0 Å². The van der Waals surface area contributed by atoms with Crippen molar-refractivity contribution in [3.8, 4) is 0 Å². The lowest BCUT2D eigenvalue weighted by Crippen LogP contribution is -2.46. The Morgan fingerprint density at radius 1 is 1.06 bits per heavy atom. The van der Waals surface area contributed by atoms with Gasteiger partial charge in [0.2, 0.25) is 10.0 Å². The number of nitro groups is 1. The minimum Gasteiger partial charge on any atom is -0.443 e. The Kier molecular flexibility index (Phi) is 14.2. The zero-order chi connectivity index (χ0) is 35.6. The number of nitrogens with zero attached hydrogens (tertiary/aromatic N) is 1. The number of rotatable bonds is 17. The zero-order valence-corrected chi connectivity index (χ0v) is 30.9. The number of anilines is 1. The lowest BCUT2D eigenvalue weighted by atomic mass is 9.98. The van der Waals surface area contributed by atoms with E-state index in [0.717, 1.165) is 18.4 Å². The predicted octanol–water partition coefficient (Wildman–Crippen LogP) is 7.25. The van der Waals surface area contributed by atoms with Crippen molar-refractivity contribution in [2.75, 3.05) is 10.5 Å². The highest BCUT2D eigenvalue weighted by Gasteiger charge is 2.38. The molecule has 0 unspecified atom stereocenters. The average molecular weight is 692 g/mol. The standard InChI is InChI=1S/C34H53N3O8SSi/c1-10-11-12-16-19-26-27(23-44-47(8,9)34(5,6)7)29(37(40)41)21-20-28(26)36-46(42,43)24-30(38)31(22-25-17-14-13-15-18-25)45-32(39)35-33(2,3)4/h10,13-15,17-18,20-21,30-31,36,38H,1,11-12,16,19,22-24H2,2-9H3,(H,35,39)/t30-,31-/m0/s1. The van der Waals surface area contributed by atoms with Crippen molar-refractivity contribution < 1.29 is 32.4 Å². The van der Waals surface area contributed by atoms with Crippen LogP contribution in [0.15, 0.2) is 55.1 Å². The van der Waals surface area contributed by atoms with Gasteiger partial charge in [0.05, 0.1) is 28.5 Å². The largest absolute Gasteiger partial charge is 0.443 e. The van der Waals surface area contributed by atoms with E-state index in [1.807, 2.05) is 19.2 Å². The number of benzene rings is 2. The summed E-state index contributed by atoms with van der Waals surface area (Å²) in [6, 6.07) is 11.7. The minimum absolute atomic E-state index is 0.0440. The van der Waals surface area contributed by atoms with E-state index in [2.05, 4.69) is 37.4 Å². The van der Waals surface area contributed by atoms with Crippen molar-refractivity contribution in [2.24, 2.45) is 0 Å². The number of hydrogen-bond donors (Lipinski definition) is 3. The second-order valence-corrected chi connectivity index (χ2v) is 21.0. The summed E-state index contributed by atoms with van der Waals surface area (Å²) in [5.41, 5.74) is 0.962. The fraction of sp³-hybridized carbons (Fsp3) is 0.559. The highest BCUT2D eigenvalue weighted by molar-refractivity contribution is 7.92. The van der Waals surface area contributed by atoms with Gasteiger partial charge in [-0.1, -0.05) is 57.2 Å². The summed E-state index contributed by atoms with van der Waals surface area (Å²) in [6.45, 7) is 19.3. The van der Waals surface area contributed by atoms with Crippen molar-refractivity contribution in [3.63, 3.8) is 0 Å². The van der Waals surface area contributed by atoms with Gasteiger partial charge in [0.1, 0.15) is 12.2 Å². The molecule has 13 heteroatoms. The molecule has 3 N–H and O–H groups in total. The van der Waals surface area contributed by atoms with Gasteiger partial charge < -0.3 is 19.6 Å². The van der Waals surface area contributed by atoms with E-state index in [1.54, 1.807) is 51.1 Å². The van der Waals surface area contributed by atoms with Gasteiger partial charge in [-0.2, -0.15) is 0 Å². The molecular weight excluding hydrogens is 639 g/mol. The Hall–Kier alpha value is -3.26. The number of ether oxygens (including phenoxy) is 1. The van der Waals surface area contributed by atoms with Crippen LogP contribution < -0.4 is 10.0 Å². The third kappa shape index (κ3) is 13.0. The van der Waals surface area contributed by atoms with Crippen LogP contribution in [0.3, 0.4) is 0 Å². The normalized spacial score (nSPS) is 13.8. The lowest BCUT2D eigenvalue weighted by molar-refractivity contribution is -0.385. The maximum Gasteiger partial charge on any atom is 0.407 e.